The second kappa shape index (κ2) is 4.21. The van der Waals surface area contributed by atoms with Crippen LogP contribution in [0.25, 0.3) is 0 Å². The number of carboxylic acid groups (broad SMARTS) is 1. The Morgan fingerprint density at radius 3 is 2.42 bits per heavy atom. The molecule has 0 rings (SSSR count). The molecular weight excluding hydrogens is 158 g/mol. The van der Waals surface area contributed by atoms with E-state index >= 15 is 0 Å². The number of rotatable bonds is 5. The SMILES string of the molecule is CC(C)CC(N)(C=O)CC(=O)O. The van der Waals surface area contributed by atoms with E-state index in [-0.39, 0.29) is 12.3 Å². The van der Waals surface area contributed by atoms with Crippen LogP contribution in [0.1, 0.15) is 26.7 Å². The van der Waals surface area contributed by atoms with Crippen molar-refractivity contribution in [1.82, 2.24) is 0 Å². The summed E-state index contributed by atoms with van der Waals surface area (Å²) in [6.45, 7) is 3.79. The second-order valence-electron chi connectivity index (χ2n) is 3.52. The zero-order valence-electron chi connectivity index (χ0n) is 7.41. The van der Waals surface area contributed by atoms with E-state index in [1.165, 1.54) is 0 Å². The molecule has 0 spiro atoms. The zero-order chi connectivity index (χ0) is 9.78. The van der Waals surface area contributed by atoms with Gasteiger partial charge in [0.05, 0.1) is 12.0 Å². The lowest BCUT2D eigenvalue weighted by atomic mass is 9.88. The Morgan fingerprint density at radius 1 is 1.67 bits per heavy atom. The van der Waals surface area contributed by atoms with Crippen LogP contribution in [0.4, 0.5) is 0 Å². The third-order valence-corrected chi connectivity index (χ3v) is 1.50. The summed E-state index contributed by atoms with van der Waals surface area (Å²) >= 11 is 0. The lowest BCUT2D eigenvalue weighted by Crippen LogP contribution is -2.44. The molecule has 0 radical (unpaired) electrons. The van der Waals surface area contributed by atoms with Gasteiger partial charge in [-0.2, -0.15) is 0 Å². The van der Waals surface area contributed by atoms with Gasteiger partial charge in [-0.15, -0.1) is 0 Å². The molecule has 0 aromatic heterocycles. The highest BCUT2D eigenvalue weighted by molar-refractivity contribution is 5.76. The van der Waals surface area contributed by atoms with Crippen LogP contribution in [0.2, 0.25) is 0 Å². The number of carbonyl (C=O) groups is 2. The quantitative estimate of drug-likeness (QED) is 0.590. The molecule has 0 fully saturated rings. The summed E-state index contributed by atoms with van der Waals surface area (Å²) in [7, 11) is 0. The summed E-state index contributed by atoms with van der Waals surface area (Å²) < 4.78 is 0. The molecular formula is C8H15NO3. The predicted octanol–water partition coefficient (Wildman–Crippen LogP) is 0.404. The molecule has 0 saturated carbocycles. The Labute approximate surface area is 71.8 Å². The molecule has 3 N–H and O–H groups in total. The van der Waals surface area contributed by atoms with E-state index in [1.807, 2.05) is 13.8 Å². The van der Waals surface area contributed by atoms with Crippen molar-refractivity contribution in [2.75, 3.05) is 0 Å². The first-order chi connectivity index (χ1) is 5.39. The lowest BCUT2D eigenvalue weighted by molar-refractivity contribution is -0.139. The lowest BCUT2D eigenvalue weighted by Gasteiger charge is -2.22. The van der Waals surface area contributed by atoms with Crippen LogP contribution in [0, 0.1) is 5.92 Å². The third kappa shape index (κ3) is 4.08. The average molecular weight is 173 g/mol. The first-order valence-corrected chi connectivity index (χ1v) is 3.86. The molecule has 0 amide bonds. The van der Waals surface area contributed by atoms with Crippen molar-refractivity contribution in [3.63, 3.8) is 0 Å². The van der Waals surface area contributed by atoms with Crippen molar-refractivity contribution in [2.45, 2.75) is 32.2 Å². The number of hydrogen-bond donors (Lipinski definition) is 2. The van der Waals surface area contributed by atoms with Gasteiger partial charge < -0.3 is 15.6 Å². The number of nitrogens with two attached hydrogens (primary N) is 1. The van der Waals surface area contributed by atoms with Crippen LogP contribution in [0.3, 0.4) is 0 Å². The number of aliphatic carboxylic acids is 1. The molecule has 0 bridgehead atoms. The van der Waals surface area contributed by atoms with Crippen LogP contribution < -0.4 is 5.73 Å². The van der Waals surface area contributed by atoms with Crippen LogP contribution in [-0.2, 0) is 9.59 Å². The van der Waals surface area contributed by atoms with Crippen LogP contribution in [0.5, 0.6) is 0 Å². The zero-order valence-corrected chi connectivity index (χ0v) is 7.41. The van der Waals surface area contributed by atoms with Crippen LogP contribution in [0.15, 0.2) is 0 Å². The van der Waals surface area contributed by atoms with Crippen molar-refractivity contribution < 1.29 is 14.7 Å². The van der Waals surface area contributed by atoms with Gasteiger partial charge in [0.25, 0.3) is 0 Å². The highest BCUT2D eigenvalue weighted by atomic mass is 16.4. The van der Waals surface area contributed by atoms with Crippen LogP contribution >= 0.6 is 0 Å². The number of carboxylic acids is 1. The highest BCUT2D eigenvalue weighted by Gasteiger charge is 2.28. The fourth-order valence-corrected chi connectivity index (χ4v) is 1.20. The van der Waals surface area contributed by atoms with Crippen molar-refractivity contribution >= 4 is 12.3 Å². The minimum atomic E-state index is -1.19. The summed E-state index contributed by atoms with van der Waals surface area (Å²) in [6.07, 6.45) is 0.638. The Morgan fingerprint density at radius 2 is 2.17 bits per heavy atom. The second-order valence-corrected chi connectivity index (χ2v) is 3.52. The van der Waals surface area contributed by atoms with E-state index in [0.717, 1.165) is 0 Å². The third-order valence-electron chi connectivity index (χ3n) is 1.50. The van der Waals surface area contributed by atoms with E-state index in [0.29, 0.717) is 12.7 Å². The molecule has 1 unspecified atom stereocenters. The van der Waals surface area contributed by atoms with Gasteiger partial charge in [0.15, 0.2) is 0 Å². The molecule has 0 aromatic carbocycles. The largest absolute Gasteiger partial charge is 0.481 e. The van der Waals surface area contributed by atoms with E-state index in [4.69, 9.17) is 10.8 Å². The standard InChI is InChI=1S/C8H15NO3/c1-6(2)3-8(9,5-10)4-7(11)12/h5-6H,3-4,9H2,1-2H3,(H,11,12). The molecule has 0 heterocycles. The molecule has 70 valence electrons. The van der Waals surface area contributed by atoms with Gasteiger partial charge in [-0.05, 0) is 12.3 Å². The van der Waals surface area contributed by atoms with Crippen molar-refractivity contribution in [1.29, 1.82) is 0 Å². The van der Waals surface area contributed by atoms with Crippen molar-refractivity contribution in [3.05, 3.63) is 0 Å². The van der Waals surface area contributed by atoms with E-state index in [9.17, 15) is 9.59 Å². The smallest absolute Gasteiger partial charge is 0.305 e. The fourth-order valence-electron chi connectivity index (χ4n) is 1.20. The van der Waals surface area contributed by atoms with Crippen molar-refractivity contribution in [2.24, 2.45) is 11.7 Å². The number of carbonyl (C=O) groups excluding carboxylic acids is 1. The summed E-state index contributed by atoms with van der Waals surface area (Å²) in [5.74, 6) is -0.815. The Balaban J connectivity index is 4.23. The van der Waals surface area contributed by atoms with Gasteiger partial charge in [0.2, 0.25) is 0 Å². The minimum Gasteiger partial charge on any atom is -0.481 e. The molecule has 12 heavy (non-hydrogen) atoms. The Hall–Kier alpha value is -0.900. The van der Waals surface area contributed by atoms with Gasteiger partial charge in [0.1, 0.15) is 6.29 Å². The molecule has 4 nitrogen and oxygen atoms in total. The topological polar surface area (TPSA) is 80.4 Å². The van der Waals surface area contributed by atoms with Gasteiger partial charge in [-0.3, -0.25) is 4.79 Å². The number of aldehydes is 1. The monoisotopic (exact) mass is 173 g/mol. The average Bonchev–Trinajstić information content (AvgIpc) is 1.83. The molecule has 0 aliphatic heterocycles. The summed E-state index contributed by atoms with van der Waals surface area (Å²) in [6, 6.07) is 0. The first kappa shape index (κ1) is 11.1. The molecule has 0 aliphatic rings. The van der Waals surface area contributed by atoms with Crippen molar-refractivity contribution in [3.8, 4) is 0 Å². The first-order valence-electron chi connectivity index (χ1n) is 3.86. The van der Waals surface area contributed by atoms with E-state index in [2.05, 4.69) is 0 Å². The molecule has 1 atom stereocenters. The predicted molar refractivity (Wildman–Crippen MR) is 44.7 cm³/mol. The maximum absolute atomic E-state index is 10.5. The summed E-state index contributed by atoms with van der Waals surface area (Å²) in [5, 5.41) is 8.45. The Bertz CT molecular complexity index is 179. The van der Waals surface area contributed by atoms with Crippen LogP contribution in [-0.4, -0.2) is 22.9 Å². The van der Waals surface area contributed by atoms with E-state index < -0.39 is 11.5 Å². The number of hydrogen-bond acceptors (Lipinski definition) is 3. The van der Waals surface area contributed by atoms with Gasteiger partial charge in [-0.25, -0.2) is 0 Å². The van der Waals surface area contributed by atoms with Gasteiger partial charge in [0, 0.05) is 0 Å². The summed E-state index contributed by atoms with van der Waals surface area (Å²) in [4.78, 5) is 20.8. The van der Waals surface area contributed by atoms with Gasteiger partial charge >= 0.3 is 5.97 Å². The molecule has 0 saturated heterocycles. The maximum Gasteiger partial charge on any atom is 0.305 e. The molecule has 0 aromatic rings. The van der Waals surface area contributed by atoms with E-state index in [1.54, 1.807) is 0 Å². The highest BCUT2D eigenvalue weighted by Crippen LogP contribution is 2.15. The fraction of sp³-hybridized carbons (Fsp3) is 0.750. The molecule has 0 aliphatic carbocycles. The van der Waals surface area contributed by atoms with Gasteiger partial charge in [-0.1, -0.05) is 13.8 Å². The maximum atomic E-state index is 10.5. The molecule has 4 heteroatoms. The Kier molecular flexibility index (Phi) is 3.89. The normalized spacial score (nSPS) is 15.7. The summed E-state index contributed by atoms with van der Waals surface area (Å²) in [5.41, 5.74) is 4.36. The minimum absolute atomic E-state index is 0.222.